The number of nitrogens with one attached hydrogen (secondary N) is 1. The second kappa shape index (κ2) is 9.60. The first kappa shape index (κ1) is 22.1. The molecule has 3 heterocycles. The van der Waals surface area contributed by atoms with Crippen LogP contribution in [-0.2, 0) is 13.0 Å². The summed E-state index contributed by atoms with van der Waals surface area (Å²) in [5.74, 6) is 0.901. The summed E-state index contributed by atoms with van der Waals surface area (Å²) in [6.07, 6.45) is 7.27. The second-order valence-electron chi connectivity index (χ2n) is 7.41. The number of aryl methyl sites for hydroxylation is 1. The second-order valence-corrected chi connectivity index (χ2v) is 7.41. The number of rotatable bonds is 9. The number of unbranched alkanes of at least 4 members (excludes halogenated alkanes) is 1. The molecule has 0 saturated carbocycles. The molecule has 10 heteroatoms. The Morgan fingerprint density at radius 3 is 2.52 bits per heavy atom. The number of nitrogens with zero attached hydrogens (tertiary/aromatic N) is 4. The van der Waals surface area contributed by atoms with E-state index in [4.69, 9.17) is 13.9 Å². The van der Waals surface area contributed by atoms with Gasteiger partial charge in [-0.1, -0.05) is 19.4 Å². The van der Waals surface area contributed by atoms with E-state index >= 15 is 0 Å². The first-order chi connectivity index (χ1) is 16.1. The number of pyridine rings is 1. The molecule has 0 aliphatic rings. The van der Waals surface area contributed by atoms with Crippen LogP contribution in [-0.4, -0.2) is 44.1 Å². The average Bonchev–Trinajstić information content (AvgIpc) is 3.50. The van der Waals surface area contributed by atoms with Gasteiger partial charge in [-0.05, 0) is 25.0 Å². The van der Waals surface area contributed by atoms with Crippen LogP contribution < -0.4 is 15.0 Å². The van der Waals surface area contributed by atoms with E-state index in [-0.39, 0.29) is 29.6 Å². The van der Waals surface area contributed by atoms with Crippen LogP contribution in [0.1, 0.15) is 31.4 Å². The lowest BCUT2D eigenvalue weighted by molar-refractivity contribution is 0.396. The SMILES string of the molecule is CCCCc1[nH]c(=O)c(-c2nnc(Cn3ccnc3)o2)c(O)c1-c1c(OC)cccc1OC. The van der Waals surface area contributed by atoms with E-state index in [0.717, 1.165) is 12.8 Å². The number of imidazole rings is 1. The number of ether oxygens (including phenoxy) is 2. The van der Waals surface area contributed by atoms with Crippen molar-refractivity contribution in [2.75, 3.05) is 14.2 Å². The fraction of sp³-hybridized carbons (Fsp3) is 0.304. The lowest BCUT2D eigenvalue weighted by Gasteiger charge is -2.18. The molecule has 4 aromatic rings. The Balaban J connectivity index is 1.90. The maximum absolute atomic E-state index is 13.0. The van der Waals surface area contributed by atoms with Gasteiger partial charge in [-0.25, -0.2) is 4.98 Å². The van der Waals surface area contributed by atoms with E-state index in [1.807, 2.05) is 0 Å². The van der Waals surface area contributed by atoms with Crippen molar-refractivity contribution < 1.29 is 19.0 Å². The maximum atomic E-state index is 13.0. The van der Waals surface area contributed by atoms with Gasteiger partial charge in [0.15, 0.2) is 0 Å². The molecule has 0 unspecified atom stereocenters. The Kier molecular flexibility index (Phi) is 6.43. The predicted octanol–water partition coefficient (Wildman–Crippen LogP) is 3.40. The quantitative estimate of drug-likeness (QED) is 0.396. The van der Waals surface area contributed by atoms with Gasteiger partial charge < -0.3 is 28.5 Å². The minimum Gasteiger partial charge on any atom is -0.506 e. The van der Waals surface area contributed by atoms with Gasteiger partial charge in [-0.2, -0.15) is 0 Å². The van der Waals surface area contributed by atoms with Gasteiger partial charge in [0.2, 0.25) is 5.89 Å². The van der Waals surface area contributed by atoms with Gasteiger partial charge in [0.25, 0.3) is 11.4 Å². The number of benzene rings is 1. The highest BCUT2D eigenvalue weighted by Gasteiger charge is 2.27. The largest absolute Gasteiger partial charge is 0.506 e. The zero-order chi connectivity index (χ0) is 23.4. The molecule has 1 aromatic carbocycles. The summed E-state index contributed by atoms with van der Waals surface area (Å²) in [6, 6.07) is 5.32. The van der Waals surface area contributed by atoms with Crippen molar-refractivity contribution in [3.63, 3.8) is 0 Å². The smallest absolute Gasteiger partial charge is 0.264 e. The lowest BCUT2D eigenvalue weighted by atomic mass is 9.96. The maximum Gasteiger partial charge on any atom is 0.264 e. The molecular formula is C23H25N5O5. The molecule has 10 nitrogen and oxygen atoms in total. The van der Waals surface area contributed by atoms with Crippen molar-refractivity contribution in [3.8, 4) is 39.8 Å². The summed E-state index contributed by atoms with van der Waals surface area (Å²) >= 11 is 0. The highest BCUT2D eigenvalue weighted by Crippen LogP contribution is 2.46. The molecule has 0 spiro atoms. The Bertz CT molecular complexity index is 1270. The van der Waals surface area contributed by atoms with Crippen LogP contribution in [0.2, 0.25) is 0 Å². The first-order valence-electron chi connectivity index (χ1n) is 10.5. The van der Waals surface area contributed by atoms with Crippen LogP contribution in [0, 0.1) is 0 Å². The molecule has 33 heavy (non-hydrogen) atoms. The molecule has 3 aromatic heterocycles. The van der Waals surface area contributed by atoms with Gasteiger partial charge >= 0.3 is 0 Å². The van der Waals surface area contributed by atoms with Gasteiger partial charge in [-0.15, -0.1) is 10.2 Å². The van der Waals surface area contributed by atoms with E-state index in [1.54, 1.807) is 41.5 Å². The van der Waals surface area contributed by atoms with Crippen LogP contribution in [0.5, 0.6) is 17.2 Å². The van der Waals surface area contributed by atoms with Crippen molar-refractivity contribution in [2.24, 2.45) is 0 Å². The molecule has 0 radical (unpaired) electrons. The van der Waals surface area contributed by atoms with Crippen LogP contribution in [0.4, 0.5) is 0 Å². The lowest BCUT2D eigenvalue weighted by Crippen LogP contribution is -2.14. The Morgan fingerprint density at radius 2 is 1.88 bits per heavy atom. The molecule has 0 fully saturated rings. The third-order valence-electron chi connectivity index (χ3n) is 5.28. The van der Waals surface area contributed by atoms with Crippen molar-refractivity contribution in [2.45, 2.75) is 32.7 Å². The standard InChI is InChI=1S/C23H25N5O5/c1-4-5-7-14-18(19-15(31-2)8-6-9-16(19)32-3)21(29)20(22(30)25-14)23-27-26-17(33-23)12-28-11-10-24-13-28/h6,8-11,13H,4-5,7,12H2,1-3H3,(H2,25,29,30). The third-order valence-corrected chi connectivity index (χ3v) is 5.28. The Labute approximate surface area is 189 Å². The van der Waals surface area contributed by atoms with Crippen LogP contribution >= 0.6 is 0 Å². The fourth-order valence-electron chi connectivity index (χ4n) is 3.70. The summed E-state index contributed by atoms with van der Waals surface area (Å²) in [5, 5.41) is 19.4. The number of hydrogen-bond donors (Lipinski definition) is 2. The van der Waals surface area contributed by atoms with E-state index < -0.39 is 5.56 Å². The first-order valence-corrected chi connectivity index (χ1v) is 10.5. The molecule has 172 valence electrons. The van der Waals surface area contributed by atoms with E-state index in [1.165, 1.54) is 14.2 Å². The molecule has 0 amide bonds. The number of aromatic amines is 1. The van der Waals surface area contributed by atoms with Crippen molar-refractivity contribution in [1.82, 2.24) is 24.7 Å². The highest BCUT2D eigenvalue weighted by atomic mass is 16.5. The van der Waals surface area contributed by atoms with E-state index in [9.17, 15) is 9.90 Å². The molecular weight excluding hydrogens is 426 g/mol. The third kappa shape index (κ3) is 4.32. The van der Waals surface area contributed by atoms with Crippen molar-refractivity contribution in [3.05, 3.63) is 58.9 Å². The van der Waals surface area contributed by atoms with Gasteiger partial charge in [0, 0.05) is 18.1 Å². The Morgan fingerprint density at radius 1 is 1.12 bits per heavy atom. The zero-order valence-corrected chi connectivity index (χ0v) is 18.7. The Hall–Kier alpha value is -4.08. The number of H-pyrrole nitrogens is 1. The van der Waals surface area contributed by atoms with E-state index in [0.29, 0.717) is 34.7 Å². The molecule has 0 saturated heterocycles. The van der Waals surface area contributed by atoms with Crippen LogP contribution in [0.3, 0.4) is 0 Å². The monoisotopic (exact) mass is 451 g/mol. The number of aromatic hydroxyl groups is 1. The minimum absolute atomic E-state index is 0.0824. The number of methoxy groups -OCH3 is 2. The molecule has 4 rings (SSSR count). The molecule has 0 aliphatic carbocycles. The predicted molar refractivity (Wildman–Crippen MR) is 121 cm³/mol. The van der Waals surface area contributed by atoms with E-state index in [2.05, 4.69) is 27.1 Å². The van der Waals surface area contributed by atoms with Crippen LogP contribution in [0.15, 0.2) is 46.1 Å². The summed E-state index contributed by atoms with van der Waals surface area (Å²) in [6.45, 7) is 2.34. The summed E-state index contributed by atoms with van der Waals surface area (Å²) < 4.78 is 18.6. The topological polar surface area (TPSA) is 128 Å². The molecule has 0 aliphatic heterocycles. The van der Waals surface area contributed by atoms with Gasteiger partial charge in [0.1, 0.15) is 29.4 Å². The number of hydrogen-bond acceptors (Lipinski definition) is 8. The minimum atomic E-state index is -0.519. The van der Waals surface area contributed by atoms with Crippen molar-refractivity contribution in [1.29, 1.82) is 0 Å². The van der Waals surface area contributed by atoms with Crippen molar-refractivity contribution >= 4 is 0 Å². The van der Waals surface area contributed by atoms with Crippen LogP contribution in [0.25, 0.3) is 22.6 Å². The van der Waals surface area contributed by atoms with Gasteiger partial charge in [-0.3, -0.25) is 4.79 Å². The molecule has 2 N–H and O–H groups in total. The normalized spacial score (nSPS) is 11.0. The molecule has 0 bridgehead atoms. The summed E-state index contributed by atoms with van der Waals surface area (Å²) in [7, 11) is 3.07. The number of aromatic nitrogens is 5. The molecule has 0 atom stereocenters. The fourth-order valence-corrected chi connectivity index (χ4v) is 3.70. The average molecular weight is 451 g/mol. The summed E-state index contributed by atoms with van der Waals surface area (Å²) in [4.78, 5) is 19.9. The highest BCUT2D eigenvalue weighted by molar-refractivity contribution is 5.86. The summed E-state index contributed by atoms with van der Waals surface area (Å²) in [5.41, 5.74) is 0.879. The van der Waals surface area contributed by atoms with Gasteiger partial charge in [0.05, 0.1) is 31.7 Å². The zero-order valence-electron chi connectivity index (χ0n) is 18.7.